The van der Waals surface area contributed by atoms with Crippen molar-refractivity contribution in [2.24, 2.45) is 0 Å². The van der Waals surface area contributed by atoms with Crippen LogP contribution in [-0.2, 0) is 0 Å². The molecule has 0 amide bonds. The summed E-state index contributed by atoms with van der Waals surface area (Å²) in [5, 5.41) is 3.58. The van der Waals surface area contributed by atoms with E-state index < -0.39 is 0 Å². The van der Waals surface area contributed by atoms with Crippen molar-refractivity contribution in [1.82, 2.24) is 5.32 Å². The molecule has 0 spiro atoms. The molecule has 0 aromatic heterocycles. The third kappa shape index (κ3) is 2.32. The molecular formula is C11H14BrN. The minimum Gasteiger partial charge on any atom is -0.307 e. The Labute approximate surface area is 87.7 Å². The Bertz CT molecular complexity index is 294. The zero-order valence-electron chi connectivity index (χ0n) is 7.76. The standard InChI is InChI=1S/C11H14BrN/c1-8(13-9-6-7-9)10-4-2-3-5-11(10)12/h2-5,8-9,13H,6-7H2,1H3/t8-/m1/s1. The predicted molar refractivity (Wildman–Crippen MR) is 58.7 cm³/mol. The van der Waals surface area contributed by atoms with E-state index in [9.17, 15) is 0 Å². The molecule has 2 rings (SSSR count). The first-order valence-corrected chi connectivity index (χ1v) is 5.57. The molecule has 1 fully saturated rings. The van der Waals surface area contributed by atoms with Crippen molar-refractivity contribution in [1.29, 1.82) is 0 Å². The van der Waals surface area contributed by atoms with Crippen LogP contribution in [0.1, 0.15) is 31.4 Å². The fourth-order valence-electron chi connectivity index (χ4n) is 1.52. The van der Waals surface area contributed by atoms with Crippen molar-refractivity contribution < 1.29 is 0 Å². The number of nitrogens with one attached hydrogen (secondary N) is 1. The largest absolute Gasteiger partial charge is 0.307 e. The second-order valence-electron chi connectivity index (χ2n) is 3.68. The molecule has 13 heavy (non-hydrogen) atoms. The summed E-state index contributed by atoms with van der Waals surface area (Å²) in [6.45, 7) is 2.22. The number of hydrogen-bond acceptors (Lipinski definition) is 1. The lowest BCUT2D eigenvalue weighted by Crippen LogP contribution is -2.20. The molecule has 2 heteroatoms. The molecule has 0 heterocycles. The number of halogens is 1. The van der Waals surface area contributed by atoms with Crippen LogP contribution in [0.3, 0.4) is 0 Å². The Balaban J connectivity index is 2.09. The van der Waals surface area contributed by atoms with E-state index in [1.165, 1.54) is 22.9 Å². The predicted octanol–water partition coefficient (Wildman–Crippen LogP) is 3.26. The van der Waals surface area contributed by atoms with E-state index in [4.69, 9.17) is 0 Å². The van der Waals surface area contributed by atoms with Gasteiger partial charge in [0, 0.05) is 16.6 Å². The molecule has 1 aliphatic rings. The highest BCUT2D eigenvalue weighted by atomic mass is 79.9. The lowest BCUT2D eigenvalue weighted by Gasteiger charge is -2.14. The van der Waals surface area contributed by atoms with Gasteiger partial charge in [-0.05, 0) is 31.4 Å². The highest BCUT2D eigenvalue weighted by Crippen LogP contribution is 2.27. The van der Waals surface area contributed by atoms with E-state index in [2.05, 4.69) is 52.4 Å². The average Bonchev–Trinajstić information content (AvgIpc) is 2.89. The van der Waals surface area contributed by atoms with E-state index in [0.717, 1.165) is 6.04 Å². The van der Waals surface area contributed by atoms with Gasteiger partial charge in [-0.3, -0.25) is 0 Å². The van der Waals surface area contributed by atoms with Crippen LogP contribution in [0.5, 0.6) is 0 Å². The number of hydrogen-bond donors (Lipinski definition) is 1. The minimum absolute atomic E-state index is 0.461. The molecule has 1 saturated carbocycles. The molecule has 1 N–H and O–H groups in total. The molecule has 0 saturated heterocycles. The smallest absolute Gasteiger partial charge is 0.0305 e. The third-order valence-electron chi connectivity index (χ3n) is 2.43. The van der Waals surface area contributed by atoms with Gasteiger partial charge in [-0.15, -0.1) is 0 Å². The number of rotatable bonds is 3. The molecule has 1 atom stereocenters. The van der Waals surface area contributed by atoms with Gasteiger partial charge in [-0.25, -0.2) is 0 Å². The average molecular weight is 240 g/mol. The summed E-state index contributed by atoms with van der Waals surface area (Å²) in [7, 11) is 0. The fourth-order valence-corrected chi connectivity index (χ4v) is 2.15. The summed E-state index contributed by atoms with van der Waals surface area (Å²) in [6.07, 6.45) is 2.68. The van der Waals surface area contributed by atoms with Gasteiger partial charge in [0.25, 0.3) is 0 Å². The van der Waals surface area contributed by atoms with Crippen LogP contribution in [0.25, 0.3) is 0 Å². The quantitative estimate of drug-likeness (QED) is 0.855. The molecule has 1 nitrogen and oxygen atoms in total. The zero-order chi connectivity index (χ0) is 9.26. The van der Waals surface area contributed by atoms with E-state index in [0.29, 0.717) is 6.04 Å². The van der Waals surface area contributed by atoms with Crippen molar-refractivity contribution in [2.75, 3.05) is 0 Å². The second-order valence-corrected chi connectivity index (χ2v) is 4.54. The SMILES string of the molecule is C[C@@H](NC1CC1)c1ccccc1Br. The van der Waals surface area contributed by atoms with Gasteiger partial charge in [0.15, 0.2) is 0 Å². The summed E-state index contributed by atoms with van der Waals surface area (Å²) in [6, 6.07) is 9.64. The Kier molecular flexibility index (Phi) is 2.70. The maximum Gasteiger partial charge on any atom is 0.0305 e. The van der Waals surface area contributed by atoms with Crippen molar-refractivity contribution in [2.45, 2.75) is 31.8 Å². The normalized spacial score (nSPS) is 18.6. The van der Waals surface area contributed by atoms with Gasteiger partial charge in [-0.2, -0.15) is 0 Å². The van der Waals surface area contributed by atoms with E-state index in [1.807, 2.05) is 0 Å². The molecule has 70 valence electrons. The van der Waals surface area contributed by atoms with Crippen LogP contribution in [0, 0.1) is 0 Å². The van der Waals surface area contributed by atoms with E-state index in [-0.39, 0.29) is 0 Å². The van der Waals surface area contributed by atoms with Crippen LogP contribution in [0.15, 0.2) is 28.7 Å². The van der Waals surface area contributed by atoms with Crippen LogP contribution >= 0.6 is 15.9 Å². The third-order valence-corrected chi connectivity index (χ3v) is 3.16. The molecule has 0 unspecified atom stereocenters. The maximum absolute atomic E-state index is 3.58. The molecule has 1 aromatic carbocycles. The highest BCUT2D eigenvalue weighted by Gasteiger charge is 2.23. The van der Waals surface area contributed by atoms with Gasteiger partial charge in [0.1, 0.15) is 0 Å². The number of benzene rings is 1. The van der Waals surface area contributed by atoms with E-state index >= 15 is 0 Å². The topological polar surface area (TPSA) is 12.0 Å². The molecular weight excluding hydrogens is 226 g/mol. The Hall–Kier alpha value is -0.340. The van der Waals surface area contributed by atoms with Crippen LogP contribution < -0.4 is 5.32 Å². The summed E-state index contributed by atoms with van der Waals surface area (Å²) in [4.78, 5) is 0. The Morgan fingerprint density at radius 2 is 2.08 bits per heavy atom. The fraction of sp³-hybridized carbons (Fsp3) is 0.455. The van der Waals surface area contributed by atoms with Crippen molar-refractivity contribution in [3.63, 3.8) is 0 Å². The Morgan fingerprint density at radius 3 is 2.69 bits per heavy atom. The monoisotopic (exact) mass is 239 g/mol. The zero-order valence-corrected chi connectivity index (χ0v) is 9.34. The van der Waals surface area contributed by atoms with Crippen LogP contribution in [-0.4, -0.2) is 6.04 Å². The summed E-state index contributed by atoms with van der Waals surface area (Å²) < 4.78 is 1.20. The van der Waals surface area contributed by atoms with Crippen LogP contribution in [0.2, 0.25) is 0 Å². The van der Waals surface area contributed by atoms with Crippen molar-refractivity contribution >= 4 is 15.9 Å². The van der Waals surface area contributed by atoms with Crippen molar-refractivity contribution in [3.8, 4) is 0 Å². The van der Waals surface area contributed by atoms with Gasteiger partial charge < -0.3 is 5.32 Å². The highest BCUT2D eigenvalue weighted by molar-refractivity contribution is 9.10. The van der Waals surface area contributed by atoms with E-state index in [1.54, 1.807) is 0 Å². The van der Waals surface area contributed by atoms with Gasteiger partial charge in [0.05, 0.1) is 0 Å². The Morgan fingerprint density at radius 1 is 1.38 bits per heavy atom. The molecule has 1 aliphatic carbocycles. The summed E-state index contributed by atoms with van der Waals surface area (Å²) in [5.41, 5.74) is 1.36. The maximum atomic E-state index is 3.58. The minimum atomic E-state index is 0.461. The molecule has 1 aromatic rings. The first kappa shape index (κ1) is 9.22. The lowest BCUT2D eigenvalue weighted by molar-refractivity contribution is 0.569. The first-order valence-electron chi connectivity index (χ1n) is 4.78. The van der Waals surface area contributed by atoms with Crippen molar-refractivity contribution in [3.05, 3.63) is 34.3 Å². The van der Waals surface area contributed by atoms with Gasteiger partial charge in [0.2, 0.25) is 0 Å². The molecule has 0 aliphatic heterocycles. The van der Waals surface area contributed by atoms with Gasteiger partial charge >= 0.3 is 0 Å². The summed E-state index contributed by atoms with van der Waals surface area (Å²) >= 11 is 3.57. The summed E-state index contributed by atoms with van der Waals surface area (Å²) in [5.74, 6) is 0. The van der Waals surface area contributed by atoms with Gasteiger partial charge in [-0.1, -0.05) is 34.1 Å². The van der Waals surface area contributed by atoms with Crippen LogP contribution in [0.4, 0.5) is 0 Å². The molecule has 0 bridgehead atoms. The lowest BCUT2D eigenvalue weighted by atomic mass is 10.1. The first-order chi connectivity index (χ1) is 6.27. The second kappa shape index (κ2) is 3.81. The molecule has 0 radical (unpaired) electrons.